The van der Waals surface area contributed by atoms with Gasteiger partial charge >= 0.3 is 0 Å². The van der Waals surface area contributed by atoms with Crippen molar-refractivity contribution in [3.63, 3.8) is 0 Å². The molecular formula is C39H79N. The van der Waals surface area contributed by atoms with Crippen LogP contribution in [0.2, 0.25) is 0 Å². The van der Waals surface area contributed by atoms with Crippen LogP contribution < -0.4 is 0 Å². The van der Waals surface area contributed by atoms with E-state index in [1.54, 1.807) is 0 Å². The summed E-state index contributed by atoms with van der Waals surface area (Å²) < 4.78 is 0. The summed E-state index contributed by atoms with van der Waals surface area (Å²) in [6.07, 6.45) is 48.6. The smallest absolute Gasteiger partial charge is 0.0160 e. The van der Waals surface area contributed by atoms with E-state index in [2.05, 4.69) is 31.4 Å². The summed E-state index contributed by atoms with van der Waals surface area (Å²) in [6, 6.07) is 0. The van der Waals surface area contributed by atoms with Crippen LogP contribution in [-0.4, -0.2) is 24.5 Å². The highest BCUT2D eigenvalue weighted by molar-refractivity contribution is 4.73. The summed E-state index contributed by atoms with van der Waals surface area (Å²) in [4.78, 5) is 2.65. The zero-order chi connectivity index (χ0) is 29.0. The van der Waals surface area contributed by atoms with Crippen molar-refractivity contribution in [1.82, 2.24) is 4.90 Å². The van der Waals surface area contributed by atoms with Crippen LogP contribution in [0.4, 0.5) is 0 Å². The predicted octanol–water partition coefficient (Wildman–Crippen LogP) is 14.0. The van der Waals surface area contributed by atoms with E-state index in [-0.39, 0.29) is 0 Å². The fraction of sp³-hybridized carbons (Fsp3) is 0.949. The average molecular weight is 562 g/mol. The van der Waals surface area contributed by atoms with Gasteiger partial charge in [0.15, 0.2) is 0 Å². The van der Waals surface area contributed by atoms with Crippen molar-refractivity contribution in [2.75, 3.05) is 19.6 Å². The zero-order valence-electron chi connectivity index (χ0n) is 28.5. The van der Waals surface area contributed by atoms with Crippen LogP contribution in [0.5, 0.6) is 0 Å². The Balaban J connectivity index is 3.36. The van der Waals surface area contributed by atoms with Crippen molar-refractivity contribution < 1.29 is 0 Å². The second kappa shape index (κ2) is 36.7. The maximum absolute atomic E-state index is 4.01. The minimum absolute atomic E-state index is 1.08. The molecular weight excluding hydrogens is 482 g/mol. The molecule has 0 aliphatic carbocycles. The van der Waals surface area contributed by atoms with Gasteiger partial charge in [-0.25, -0.2) is 0 Å². The Labute approximate surface area is 256 Å². The van der Waals surface area contributed by atoms with Crippen LogP contribution >= 0.6 is 0 Å². The van der Waals surface area contributed by atoms with Gasteiger partial charge in [0, 0.05) is 6.54 Å². The van der Waals surface area contributed by atoms with Gasteiger partial charge in [0.25, 0.3) is 0 Å². The molecule has 0 unspecified atom stereocenters. The molecule has 0 spiro atoms. The quantitative estimate of drug-likeness (QED) is 0.0543. The van der Waals surface area contributed by atoms with Gasteiger partial charge in [-0.05, 0) is 25.9 Å². The van der Waals surface area contributed by atoms with Gasteiger partial charge in [-0.3, -0.25) is 4.90 Å². The van der Waals surface area contributed by atoms with E-state index in [9.17, 15) is 0 Å². The molecule has 1 heteroatoms. The maximum Gasteiger partial charge on any atom is 0.0160 e. The Morgan fingerprint density at radius 2 is 0.525 bits per heavy atom. The van der Waals surface area contributed by atoms with Gasteiger partial charge < -0.3 is 0 Å². The normalized spacial score (nSPS) is 11.6. The SMILES string of the molecule is C=CCN(CCCCCCCCCCCCCCCCCC)CCCCCCCCCCCCCCCCCC. The lowest BCUT2D eigenvalue weighted by Crippen LogP contribution is -2.26. The molecule has 0 saturated heterocycles. The number of hydrogen-bond acceptors (Lipinski definition) is 1. The summed E-state index contributed by atoms with van der Waals surface area (Å²) in [7, 11) is 0. The van der Waals surface area contributed by atoms with E-state index in [4.69, 9.17) is 0 Å². The molecule has 0 aliphatic rings. The van der Waals surface area contributed by atoms with Crippen LogP contribution in [0.1, 0.15) is 219 Å². The van der Waals surface area contributed by atoms with Gasteiger partial charge in [0.1, 0.15) is 0 Å². The van der Waals surface area contributed by atoms with Crippen LogP contribution in [0.3, 0.4) is 0 Å². The monoisotopic (exact) mass is 562 g/mol. The summed E-state index contributed by atoms with van der Waals surface area (Å²) in [5, 5.41) is 0. The second-order valence-electron chi connectivity index (χ2n) is 13.2. The third kappa shape index (κ3) is 33.9. The lowest BCUT2D eigenvalue weighted by atomic mass is 10.0. The summed E-state index contributed by atoms with van der Waals surface area (Å²) in [5.74, 6) is 0. The second-order valence-corrected chi connectivity index (χ2v) is 13.2. The summed E-state index contributed by atoms with van der Waals surface area (Å²) >= 11 is 0. The minimum Gasteiger partial charge on any atom is -0.300 e. The van der Waals surface area contributed by atoms with Gasteiger partial charge in [-0.1, -0.05) is 213 Å². The summed E-state index contributed by atoms with van der Waals surface area (Å²) in [6.45, 7) is 12.3. The molecule has 0 bridgehead atoms. The fourth-order valence-electron chi connectivity index (χ4n) is 6.24. The van der Waals surface area contributed by atoms with Crippen LogP contribution in [0, 0.1) is 0 Å². The Hall–Kier alpha value is -0.300. The van der Waals surface area contributed by atoms with Crippen LogP contribution in [-0.2, 0) is 0 Å². The Morgan fingerprint density at radius 3 is 0.725 bits per heavy atom. The minimum atomic E-state index is 1.08. The third-order valence-corrected chi connectivity index (χ3v) is 9.04. The predicted molar refractivity (Wildman–Crippen MR) is 186 cm³/mol. The first-order valence-electron chi connectivity index (χ1n) is 19.2. The first-order chi connectivity index (χ1) is 19.8. The van der Waals surface area contributed by atoms with Crippen LogP contribution in [0.25, 0.3) is 0 Å². The molecule has 0 radical (unpaired) electrons. The van der Waals surface area contributed by atoms with E-state index in [1.165, 1.54) is 219 Å². The highest BCUT2D eigenvalue weighted by Gasteiger charge is 2.03. The molecule has 0 atom stereocenters. The van der Waals surface area contributed by atoms with Gasteiger partial charge in [0.05, 0.1) is 0 Å². The lowest BCUT2D eigenvalue weighted by molar-refractivity contribution is 0.286. The van der Waals surface area contributed by atoms with Crippen molar-refractivity contribution in [2.24, 2.45) is 0 Å². The van der Waals surface area contributed by atoms with E-state index in [0.29, 0.717) is 0 Å². The molecule has 0 aliphatic heterocycles. The Morgan fingerprint density at radius 1 is 0.325 bits per heavy atom. The molecule has 0 rings (SSSR count). The van der Waals surface area contributed by atoms with Crippen molar-refractivity contribution >= 4 is 0 Å². The van der Waals surface area contributed by atoms with Crippen molar-refractivity contribution in [3.05, 3.63) is 12.7 Å². The molecule has 1 nitrogen and oxygen atoms in total. The lowest BCUT2D eigenvalue weighted by Gasteiger charge is -2.20. The fourth-order valence-corrected chi connectivity index (χ4v) is 6.24. The summed E-state index contributed by atoms with van der Waals surface area (Å²) in [5.41, 5.74) is 0. The van der Waals surface area contributed by atoms with Gasteiger partial charge in [0.2, 0.25) is 0 Å². The van der Waals surface area contributed by atoms with E-state index in [0.717, 1.165) is 6.54 Å². The largest absolute Gasteiger partial charge is 0.300 e. The molecule has 40 heavy (non-hydrogen) atoms. The van der Waals surface area contributed by atoms with E-state index < -0.39 is 0 Å². The standard InChI is InChI=1S/C39H79N/c1-4-7-9-11-13-15-17-19-21-23-25-27-29-31-33-35-38-40(37-6-3)39-36-34-32-30-28-26-24-22-20-18-16-14-12-10-8-5-2/h6H,3-5,7-39H2,1-2H3. The topological polar surface area (TPSA) is 3.24 Å². The molecule has 0 N–H and O–H groups in total. The molecule has 0 heterocycles. The third-order valence-electron chi connectivity index (χ3n) is 9.04. The first kappa shape index (κ1) is 39.7. The number of nitrogens with zero attached hydrogens (tertiary/aromatic N) is 1. The molecule has 0 saturated carbocycles. The van der Waals surface area contributed by atoms with Crippen molar-refractivity contribution in [2.45, 2.75) is 219 Å². The molecule has 0 aromatic rings. The highest BCUT2D eigenvalue weighted by atomic mass is 15.1. The average Bonchev–Trinajstić information content (AvgIpc) is 2.96. The zero-order valence-corrected chi connectivity index (χ0v) is 28.5. The maximum atomic E-state index is 4.01. The van der Waals surface area contributed by atoms with Crippen LogP contribution in [0.15, 0.2) is 12.7 Å². The van der Waals surface area contributed by atoms with Gasteiger partial charge in [-0.2, -0.15) is 0 Å². The van der Waals surface area contributed by atoms with Crippen molar-refractivity contribution in [3.8, 4) is 0 Å². The highest BCUT2D eigenvalue weighted by Crippen LogP contribution is 2.15. The van der Waals surface area contributed by atoms with E-state index >= 15 is 0 Å². The van der Waals surface area contributed by atoms with Gasteiger partial charge in [-0.15, -0.1) is 6.58 Å². The number of unbranched alkanes of at least 4 members (excludes halogenated alkanes) is 30. The first-order valence-corrected chi connectivity index (χ1v) is 19.2. The Bertz CT molecular complexity index is 408. The molecule has 0 fully saturated rings. The molecule has 0 aromatic heterocycles. The number of hydrogen-bond donors (Lipinski definition) is 0. The Kier molecular flexibility index (Phi) is 36.5. The molecule has 0 aromatic carbocycles. The van der Waals surface area contributed by atoms with E-state index in [1.807, 2.05) is 0 Å². The molecule has 0 amide bonds. The molecule has 240 valence electrons. The van der Waals surface area contributed by atoms with Crippen molar-refractivity contribution in [1.29, 1.82) is 0 Å². The number of rotatable bonds is 36.